The van der Waals surface area contributed by atoms with Gasteiger partial charge in [0.1, 0.15) is 10.6 Å². The molecular weight excluding hydrogens is 439 g/mol. The molecule has 1 atom stereocenters. The molecule has 1 aliphatic rings. The van der Waals surface area contributed by atoms with Crippen LogP contribution in [0.25, 0.3) is 0 Å². The van der Waals surface area contributed by atoms with Gasteiger partial charge in [0.05, 0.1) is 34.3 Å². The van der Waals surface area contributed by atoms with Crippen LogP contribution in [0.1, 0.15) is 39.5 Å². The third-order valence-corrected chi connectivity index (χ3v) is 7.18. The van der Waals surface area contributed by atoms with Gasteiger partial charge in [-0.05, 0) is 73.4 Å². The van der Waals surface area contributed by atoms with Gasteiger partial charge in [-0.1, -0.05) is 24.3 Å². The van der Waals surface area contributed by atoms with Crippen LogP contribution in [0.3, 0.4) is 0 Å². The average Bonchev–Trinajstić information content (AvgIpc) is 2.79. The molecule has 3 aromatic carbocycles. The Kier molecular flexibility index (Phi) is 5.96. The van der Waals surface area contributed by atoms with E-state index in [4.69, 9.17) is 10.4 Å². The van der Waals surface area contributed by atoms with Crippen molar-refractivity contribution in [1.82, 2.24) is 0 Å². The van der Waals surface area contributed by atoms with Crippen molar-refractivity contribution >= 4 is 29.3 Å². The summed E-state index contributed by atoms with van der Waals surface area (Å²) in [5.74, 6) is -1.56. The molecule has 0 aromatic heterocycles. The Morgan fingerprint density at radius 1 is 1.18 bits per heavy atom. The third-order valence-electron chi connectivity index (χ3n) is 5.80. The second-order valence-corrected chi connectivity index (χ2v) is 9.76. The molecule has 1 N–H and O–H groups in total. The van der Waals surface area contributed by atoms with E-state index in [2.05, 4.69) is 6.07 Å². The largest absolute Gasteiger partial charge is 0.478 e. The molecule has 0 spiro atoms. The lowest BCUT2D eigenvalue weighted by atomic mass is 9.96. The van der Waals surface area contributed by atoms with E-state index in [9.17, 15) is 14.0 Å². The Morgan fingerprint density at radius 3 is 2.55 bits per heavy atom. The quantitative estimate of drug-likeness (QED) is 0.556. The number of anilines is 1. The van der Waals surface area contributed by atoms with Gasteiger partial charge < -0.3 is 10.0 Å². The number of amides is 1. The van der Waals surface area contributed by atoms with Gasteiger partial charge in [-0.25, -0.2) is 9.18 Å². The smallest absolute Gasteiger partial charge is 0.335 e. The second kappa shape index (κ2) is 8.72. The lowest BCUT2D eigenvalue weighted by molar-refractivity contribution is -0.120. The monoisotopic (exact) mass is 460 g/mol. The summed E-state index contributed by atoms with van der Waals surface area (Å²) in [6.45, 7) is 3.93. The summed E-state index contributed by atoms with van der Waals surface area (Å²) in [5.41, 5.74) is 3.77. The van der Waals surface area contributed by atoms with E-state index in [1.807, 2.05) is 13.0 Å². The van der Waals surface area contributed by atoms with E-state index in [-0.39, 0.29) is 23.8 Å². The first-order valence-electron chi connectivity index (χ1n) is 10.3. The summed E-state index contributed by atoms with van der Waals surface area (Å²) in [5, 5.41) is 18.3. The number of aryl methyl sites for hydroxylation is 1. The minimum absolute atomic E-state index is 0.156. The van der Waals surface area contributed by atoms with Gasteiger partial charge in [-0.2, -0.15) is 5.26 Å². The molecule has 7 heteroatoms. The molecule has 0 bridgehead atoms. The van der Waals surface area contributed by atoms with Gasteiger partial charge in [0.2, 0.25) is 5.91 Å². The molecule has 1 unspecified atom stereocenters. The van der Waals surface area contributed by atoms with Crippen molar-refractivity contribution in [2.45, 2.75) is 36.5 Å². The van der Waals surface area contributed by atoms with Crippen LogP contribution in [-0.2, 0) is 17.8 Å². The molecule has 4 rings (SSSR count). The first-order chi connectivity index (χ1) is 15.7. The van der Waals surface area contributed by atoms with Crippen LogP contribution in [0, 0.1) is 24.1 Å². The lowest BCUT2D eigenvalue weighted by Gasteiger charge is -2.40. The van der Waals surface area contributed by atoms with E-state index < -0.39 is 10.7 Å². The van der Waals surface area contributed by atoms with Crippen molar-refractivity contribution in [3.05, 3.63) is 94.3 Å². The summed E-state index contributed by atoms with van der Waals surface area (Å²) >= 11 is 1.20. The van der Waals surface area contributed by atoms with Crippen molar-refractivity contribution in [3.63, 3.8) is 0 Å². The van der Waals surface area contributed by atoms with Gasteiger partial charge >= 0.3 is 5.97 Å². The number of nitrogens with zero attached hydrogens (tertiary/aromatic N) is 2. The van der Waals surface area contributed by atoms with E-state index in [1.165, 1.54) is 30.0 Å². The number of aromatic carboxylic acids is 1. The Bertz CT molecular complexity index is 1300. The Labute approximate surface area is 195 Å². The Balaban J connectivity index is 1.72. The van der Waals surface area contributed by atoms with E-state index >= 15 is 0 Å². The molecule has 0 fully saturated rings. The molecule has 3 aromatic rings. The molecule has 33 heavy (non-hydrogen) atoms. The molecule has 0 aliphatic carbocycles. The number of rotatable bonds is 5. The van der Waals surface area contributed by atoms with Crippen molar-refractivity contribution in [3.8, 4) is 6.07 Å². The van der Waals surface area contributed by atoms with E-state index in [1.54, 1.807) is 48.2 Å². The fourth-order valence-electron chi connectivity index (χ4n) is 4.01. The molecule has 1 heterocycles. The Hall–Kier alpha value is -3.63. The number of hydrogen-bond donors (Lipinski definition) is 1. The molecule has 5 nitrogen and oxygen atoms in total. The number of carbonyl (C=O) groups excluding carboxylic acids is 1. The van der Waals surface area contributed by atoms with Gasteiger partial charge in [0.25, 0.3) is 0 Å². The number of thioether (sulfide) groups is 1. The minimum Gasteiger partial charge on any atom is -0.478 e. The SMILES string of the molecule is Cc1cc(C#N)ccc1CN1C(=O)C(C)(Cc2ccc(C(=O)O)cc2)Sc2c(F)cccc21. The fraction of sp³-hybridized carbons (Fsp3) is 0.192. The van der Waals surface area contributed by atoms with Crippen molar-refractivity contribution in [2.24, 2.45) is 0 Å². The van der Waals surface area contributed by atoms with Crippen LogP contribution in [-0.4, -0.2) is 21.7 Å². The molecule has 0 saturated carbocycles. The van der Waals surface area contributed by atoms with Crippen LogP contribution in [0.5, 0.6) is 0 Å². The third kappa shape index (κ3) is 4.35. The number of carboxylic acid groups (broad SMARTS) is 1. The summed E-state index contributed by atoms with van der Waals surface area (Å²) in [6.07, 6.45) is 0.313. The Morgan fingerprint density at radius 2 is 1.91 bits per heavy atom. The number of halogens is 1. The molecule has 166 valence electrons. The fourth-order valence-corrected chi connectivity index (χ4v) is 5.35. The average molecular weight is 461 g/mol. The number of fused-ring (bicyclic) bond motifs is 1. The topological polar surface area (TPSA) is 81.4 Å². The zero-order valence-corrected chi connectivity index (χ0v) is 18.9. The van der Waals surface area contributed by atoms with Crippen LogP contribution < -0.4 is 4.90 Å². The van der Waals surface area contributed by atoms with Gasteiger partial charge in [0, 0.05) is 0 Å². The predicted molar refractivity (Wildman–Crippen MR) is 125 cm³/mol. The number of nitriles is 1. The molecule has 1 amide bonds. The van der Waals surface area contributed by atoms with Crippen molar-refractivity contribution < 1.29 is 19.1 Å². The highest BCUT2D eigenvalue weighted by molar-refractivity contribution is 8.01. The zero-order valence-electron chi connectivity index (χ0n) is 18.1. The van der Waals surface area contributed by atoms with Crippen LogP contribution in [0.4, 0.5) is 10.1 Å². The highest BCUT2D eigenvalue weighted by atomic mass is 32.2. The number of hydrogen-bond acceptors (Lipinski definition) is 4. The van der Waals surface area contributed by atoms with Crippen LogP contribution in [0.15, 0.2) is 65.6 Å². The molecular formula is C26H21FN2O3S. The van der Waals surface area contributed by atoms with Gasteiger partial charge in [-0.15, -0.1) is 11.8 Å². The number of benzene rings is 3. The van der Waals surface area contributed by atoms with Gasteiger partial charge in [0.15, 0.2) is 0 Å². The summed E-state index contributed by atoms with van der Waals surface area (Å²) in [7, 11) is 0. The summed E-state index contributed by atoms with van der Waals surface area (Å²) in [4.78, 5) is 26.9. The second-order valence-electron chi connectivity index (χ2n) is 8.24. The number of carboxylic acids is 1. The minimum atomic E-state index is -1.02. The lowest BCUT2D eigenvalue weighted by Crippen LogP contribution is -2.49. The molecule has 0 saturated heterocycles. The van der Waals surface area contributed by atoms with E-state index in [0.717, 1.165) is 16.7 Å². The maximum absolute atomic E-state index is 14.9. The van der Waals surface area contributed by atoms with Gasteiger partial charge in [-0.3, -0.25) is 4.79 Å². The summed E-state index contributed by atoms with van der Waals surface area (Å²) < 4.78 is 13.9. The standard InChI is InChI=1S/C26H21FN2O3S/c1-16-12-18(14-28)8-11-20(16)15-29-22-5-3-4-21(27)23(22)33-26(2,25(29)32)13-17-6-9-19(10-7-17)24(30)31/h3-12H,13,15H2,1-2H3,(H,30,31). The molecule has 0 radical (unpaired) electrons. The van der Waals surface area contributed by atoms with Crippen molar-refractivity contribution in [1.29, 1.82) is 5.26 Å². The normalized spacial score (nSPS) is 17.4. The maximum atomic E-state index is 14.9. The highest BCUT2D eigenvalue weighted by Crippen LogP contribution is 2.48. The predicted octanol–water partition coefficient (Wildman–Crippen LogP) is 5.34. The number of carbonyl (C=O) groups is 2. The maximum Gasteiger partial charge on any atom is 0.335 e. The molecule has 1 aliphatic heterocycles. The summed E-state index contributed by atoms with van der Waals surface area (Å²) in [6, 6.07) is 18.5. The first kappa shape index (κ1) is 22.6. The van der Waals surface area contributed by atoms with E-state index in [0.29, 0.717) is 22.6 Å². The zero-order chi connectivity index (χ0) is 23.8. The first-order valence-corrected chi connectivity index (χ1v) is 11.1. The van der Waals surface area contributed by atoms with Crippen LogP contribution >= 0.6 is 11.8 Å². The highest BCUT2D eigenvalue weighted by Gasteiger charge is 2.44. The van der Waals surface area contributed by atoms with Crippen molar-refractivity contribution in [2.75, 3.05) is 4.90 Å². The van der Waals surface area contributed by atoms with Crippen LogP contribution in [0.2, 0.25) is 0 Å².